The standard InChI is InChI=1S/C15H25N3O2S/c1-4-17-14(19)13-12(16)11(10-6-7-10)15(21-13)18(5-2)8-9-20-3/h10H,4-9,16H2,1-3H3,(H,17,19). The molecular formula is C15H25N3O2S. The van der Waals surface area contributed by atoms with Crippen LogP contribution in [0.2, 0.25) is 0 Å². The van der Waals surface area contributed by atoms with Crippen molar-refractivity contribution in [3.8, 4) is 0 Å². The number of thiophene rings is 1. The molecule has 0 unspecified atom stereocenters. The van der Waals surface area contributed by atoms with Crippen molar-refractivity contribution in [1.82, 2.24) is 5.32 Å². The zero-order valence-electron chi connectivity index (χ0n) is 13.1. The molecule has 0 radical (unpaired) electrons. The molecule has 0 saturated heterocycles. The average molecular weight is 311 g/mol. The van der Waals surface area contributed by atoms with Crippen LogP contribution in [0.4, 0.5) is 10.7 Å². The van der Waals surface area contributed by atoms with Gasteiger partial charge in [0.15, 0.2) is 0 Å². The first-order valence-electron chi connectivity index (χ1n) is 7.58. The molecule has 1 aromatic rings. The van der Waals surface area contributed by atoms with E-state index in [0.717, 1.165) is 18.1 Å². The lowest BCUT2D eigenvalue weighted by Gasteiger charge is -2.22. The van der Waals surface area contributed by atoms with E-state index in [1.807, 2.05) is 6.92 Å². The maximum absolute atomic E-state index is 12.2. The van der Waals surface area contributed by atoms with E-state index < -0.39 is 0 Å². The third-order valence-corrected chi connectivity index (χ3v) is 5.01. The summed E-state index contributed by atoms with van der Waals surface area (Å²) in [5.74, 6) is 0.465. The summed E-state index contributed by atoms with van der Waals surface area (Å²) in [4.78, 5) is 15.1. The summed E-state index contributed by atoms with van der Waals surface area (Å²) in [5, 5.41) is 4.00. The summed E-state index contributed by atoms with van der Waals surface area (Å²) < 4.78 is 5.19. The van der Waals surface area contributed by atoms with Gasteiger partial charge in [-0.1, -0.05) is 0 Å². The minimum Gasteiger partial charge on any atom is -0.397 e. The van der Waals surface area contributed by atoms with Gasteiger partial charge in [0.1, 0.15) is 4.88 Å². The Balaban J connectivity index is 2.34. The number of likely N-dealkylation sites (N-methyl/N-ethyl adjacent to an activating group) is 1. The number of anilines is 2. The molecular weight excluding hydrogens is 286 g/mol. The third-order valence-electron chi connectivity index (χ3n) is 3.73. The molecule has 0 bridgehead atoms. The van der Waals surface area contributed by atoms with Crippen LogP contribution in [0.25, 0.3) is 0 Å². The highest BCUT2D eigenvalue weighted by atomic mass is 32.1. The molecule has 1 amide bonds. The zero-order valence-corrected chi connectivity index (χ0v) is 13.9. The molecule has 0 atom stereocenters. The lowest BCUT2D eigenvalue weighted by Crippen LogP contribution is -2.26. The van der Waals surface area contributed by atoms with Crippen LogP contribution >= 0.6 is 11.3 Å². The second kappa shape index (κ2) is 7.13. The summed E-state index contributed by atoms with van der Waals surface area (Å²) in [5.41, 5.74) is 8.15. The van der Waals surface area contributed by atoms with Gasteiger partial charge in [-0.25, -0.2) is 0 Å². The second-order valence-electron chi connectivity index (χ2n) is 5.27. The third kappa shape index (κ3) is 3.49. The first kappa shape index (κ1) is 16.1. The molecule has 1 aromatic heterocycles. The van der Waals surface area contributed by atoms with Gasteiger partial charge >= 0.3 is 0 Å². The van der Waals surface area contributed by atoms with Crippen LogP contribution in [0.5, 0.6) is 0 Å². The molecule has 0 aromatic carbocycles. The van der Waals surface area contributed by atoms with E-state index in [1.54, 1.807) is 7.11 Å². The maximum atomic E-state index is 12.2. The van der Waals surface area contributed by atoms with Gasteiger partial charge in [-0.05, 0) is 32.6 Å². The van der Waals surface area contributed by atoms with Crippen LogP contribution in [0.1, 0.15) is 47.8 Å². The van der Waals surface area contributed by atoms with Gasteiger partial charge in [-0.15, -0.1) is 11.3 Å². The Kier molecular flexibility index (Phi) is 5.47. The van der Waals surface area contributed by atoms with Crippen molar-refractivity contribution in [3.63, 3.8) is 0 Å². The highest BCUT2D eigenvalue weighted by Crippen LogP contribution is 2.51. The Labute approximate surface area is 130 Å². The number of ether oxygens (including phenoxy) is 1. The normalized spacial score (nSPS) is 14.2. The van der Waals surface area contributed by atoms with Gasteiger partial charge < -0.3 is 20.7 Å². The van der Waals surface area contributed by atoms with E-state index in [2.05, 4.69) is 17.1 Å². The number of nitrogens with one attached hydrogen (secondary N) is 1. The highest BCUT2D eigenvalue weighted by molar-refractivity contribution is 7.18. The lowest BCUT2D eigenvalue weighted by molar-refractivity contribution is 0.0960. The van der Waals surface area contributed by atoms with Crippen molar-refractivity contribution in [3.05, 3.63) is 10.4 Å². The number of nitrogens with zero attached hydrogens (tertiary/aromatic N) is 1. The van der Waals surface area contributed by atoms with Crippen molar-refractivity contribution in [2.75, 3.05) is 44.0 Å². The van der Waals surface area contributed by atoms with Crippen molar-refractivity contribution in [1.29, 1.82) is 0 Å². The summed E-state index contributed by atoms with van der Waals surface area (Å²) in [6.45, 7) is 7.03. The number of nitrogens with two attached hydrogens (primary N) is 1. The van der Waals surface area contributed by atoms with Crippen LogP contribution in [0.3, 0.4) is 0 Å². The molecule has 6 heteroatoms. The number of hydrogen-bond donors (Lipinski definition) is 2. The number of carbonyl (C=O) groups is 1. The Morgan fingerprint density at radius 2 is 2.19 bits per heavy atom. The van der Waals surface area contributed by atoms with Gasteiger partial charge in [-0.3, -0.25) is 4.79 Å². The summed E-state index contributed by atoms with van der Waals surface area (Å²) in [7, 11) is 1.71. The van der Waals surface area contributed by atoms with Crippen LogP contribution in [-0.2, 0) is 4.74 Å². The molecule has 0 spiro atoms. The number of hydrogen-bond acceptors (Lipinski definition) is 5. The van der Waals surface area contributed by atoms with Crippen LogP contribution < -0.4 is 16.0 Å². The van der Waals surface area contributed by atoms with Gasteiger partial charge in [0.2, 0.25) is 0 Å². The average Bonchev–Trinajstić information content (AvgIpc) is 3.24. The smallest absolute Gasteiger partial charge is 0.263 e. The van der Waals surface area contributed by atoms with E-state index in [4.69, 9.17) is 10.5 Å². The molecule has 5 nitrogen and oxygen atoms in total. The summed E-state index contributed by atoms with van der Waals surface area (Å²) in [6, 6.07) is 0. The first-order chi connectivity index (χ1) is 10.1. The fraction of sp³-hybridized carbons (Fsp3) is 0.667. The molecule has 3 N–H and O–H groups in total. The van der Waals surface area contributed by atoms with E-state index in [1.165, 1.54) is 29.7 Å². The van der Waals surface area contributed by atoms with E-state index in [0.29, 0.717) is 29.6 Å². The van der Waals surface area contributed by atoms with E-state index in [-0.39, 0.29) is 5.91 Å². The summed E-state index contributed by atoms with van der Waals surface area (Å²) >= 11 is 1.52. The zero-order chi connectivity index (χ0) is 15.4. The van der Waals surface area contributed by atoms with Gasteiger partial charge in [0.05, 0.1) is 17.3 Å². The Morgan fingerprint density at radius 3 is 2.71 bits per heavy atom. The van der Waals surface area contributed by atoms with Crippen LogP contribution in [0.15, 0.2) is 0 Å². The topological polar surface area (TPSA) is 67.6 Å². The number of rotatable bonds is 8. The van der Waals surface area contributed by atoms with Crippen molar-refractivity contribution < 1.29 is 9.53 Å². The number of amides is 1. The van der Waals surface area contributed by atoms with E-state index >= 15 is 0 Å². The number of carbonyl (C=O) groups excluding carboxylic acids is 1. The fourth-order valence-corrected chi connectivity index (χ4v) is 3.77. The quantitative estimate of drug-likeness (QED) is 0.774. The first-order valence-corrected chi connectivity index (χ1v) is 8.39. The van der Waals surface area contributed by atoms with Crippen LogP contribution in [0, 0.1) is 0 Å². The van der Waals surface area contributed by atoms with Crippen molar-refractivity contribution in [2.45, 2.75) is 32.6 Å². The molecule has 0 aliphatic heterocycles. The molecule has 1 fully saturated rings. The van der Waals surface area contributed by atoms with Crippen molar-refractivity contribution >= 4 is 27.9 Å². The van der Waals surface area contributed by atoms with E-state index in [9.17, 15) is 4.79 Å². The highest BCUT2D eigenvalue weighted by Gasteiger charge is 2.34. The SMILES string of the molecule is CCNC(=O)c1sc(N(CC)CCOC)c(C2CC2)c1N. The Morgan fingerprint density at radius 1 is 1.48 bits per heavy atom. The largest absolute Gasteiger partial charge is 0.397 e. The number of methoxy groups -OCH3 is 1. The molecule has 1 aliphatic carbocycles. The molecule has 1 heterocycles. The van der Waals surface area contributed by atoms with Gasteiger partial charge in [0, 0.05) is 32.3 Å². The minimum absolute atomic E-state index is 0.0593. The molecule has 21 heavy (non-hydrogen) atoms. The van der Waals surface area contributed by atoms with Crippen LogP contribution in [-0.4, -0.2) is 39.3 Å². The second-order valence-corrected chi connectivity index (χ2v) is 6.27. The predicted octanol–water partition coefficient (Wildman–Crippen LogP) is 2.43. The maximum Gasteiger partial charge on any atom is 0.263 e. The number of nitrogen functional groups attached to an aromatic ring is 1. The minimum atomic E-state index is -0.0593. The molecule has 1 aliphatic rings. The summed E-state index contributed by atoms with van der Waals surface area (Å²) in [6.07, 6.45) is 2.34. The molecule has 1 saturated carbocycles. The van der Waals surface area contributed by atoms with Gasteiger partial charge in [-0.2, -0.15) is 0 Å². The molecule has 2 rings (SSSR count). The lowest BCUT2D eigenvalue weighted by atomic mass is 10.1. The van der Waals surface area contributed by atoms with Gasteiger partial charge in [0.25, 0.3) is 5.91 Å². The fourth-order valence-electron chi connectivity index (χ4n) is 2.46. The van der Waals surface area contributed by atoms with Crippen molar-refractivity contribution in [2.24, 2.45) is 0 Å². The monoisotopic (exact) mass is 311 g/mol. The Hall–Kier alpha value is -1.27. The Bertz CT molecular complexity index is 497. The predicted molar refractivity (Wildman–Crippen MR) is 88.5 cm³/mol. The molecule has 118 valence electrons.